The summed E-state index contributed by atoms with van der Waals surface area (Å²) in [4.78, 5) is 12.6. The van der Waals surface area contributed by atoms with Gasteiger partial charge in [0.2, 0.25) is 0 Å². The fourth-order valence-corrected chi connectivity index (χ4v) is 5.23. The number of benzene rings is 2. The van der Waals surface area contributed by atoms with Gasteiger partial charge in [-0.15, -0.1) is 0 Å². The lowest BCUT2D eigenvalue weighted by molar-refractivity contribution is 0.114. The molecular weight excluding hydrogens is 348 g/mol. The Kier molecular flexibility index (Phi) is 4.70. The van der Waals surface area contributed by atoms with Gasteiger partial charge in [-0.1, -0.05) is 48.5 Å². The maximum atomic E-state index is 12.6. The molecule has 0 atom stereocenters. The molecule has 1 heterocycles. The number of alkyl carbamates (subject to hydrolysis) is 1. The maximum absolute atomic E-state index is 12.6. The highest BCUT2D eigenvalue weighted by molar-refractivity contribution is 5.79. The lowest BCUT2D eigenvalue weighted by Gasteiger charge is -2.46. The second-order valence-electron chi connectivity index (χ2n) is 9.47. The minimum atomic E-state index is -0.319. The highest BCUT2D eigenvalue weighted by Crippen LogP contribution is 2.44. The zero-order valence-corrected chi connectivity index (χ0v) is 17.2. The van der Waals surface area contributed by atoms with E-state index in [9.17, 15) is 4.79 Å². The summed E-state index contributed by atoms with van der Waals surface area (Å²) >= 11 is 0. The Morgan fingerprint density at radius 3 is 2.00 bits per heavy atom. The van der Waals surface area contributed by atoms with Gasteiger partial charge in [0.15, 0.2) is 0 Å². The van der Waals surface area contributed by atoms with Gasteiger partial charge in [-0.05, 0) is 62.8 Å². The van der Waals surface area contributed by atoms with Gasteiger partial charge >= 0.3 is 6.09 Å². The van der Waals surface area contributed by atoms with Crippen LogP contribution >= 0.6 is 0 Å². The van der Waals surface area contributed by atoms with Gasteiger partial charge in [0.25, 0.3) is 0 Å². The summed E-state index contributed by atoms with van der Waals surface area (Å²) in [5, 5.41) is 6.74. The van der Waals surface area contributed by atoms with Crippen LogP contribution < -0.4 is 10.6 Å². The average molecular weight is 379 g/mol. The van der Waals surface area contributed by atoms with Crippen LogP contribution in [-0.2, 0) is 4.74 Å². The third-order valence-corrected chi connectivity index (χ3v) is 5.86. The molecule has 2 aromatic carbocycles. The molecule has 4 rings (SSSR count). The molecule has 2 aliphatic rings. The zero-order valence-electron chi connectivity index (χ0n) is 17.2. The van der Waals surface area contributed by atoms with Crippen LogP contribution in [-0.4, -0.2) is 29.8 Å². The molecule has 0 spiro atoms. The van der Waals surface area contributed by atoms with E-state index in [1.807, 2.05) is 0 Å². The molecule has 4 nitrogen and oxygen atoms in total. The van der Waals surface area contributed by atoms with Gasteiger partial charge in [0.1, 0.15) is 6.61 Å². The number of ether oxygens (including phenoxy) is 1. The van der Waals surface area contributed by atoms with Crippen LogP contribution in [0, 0.1) is 0 Å². The van der Waals surface area contributed by atoms with Crippen LogP contribution in [0.25, 0.3) is 11.1 Å². The normalized spacial score (nSPS) is 20.3. The van der Waals surface area contributed by atoms with Crippen molar-refractivity contribution in [1.29, 1.82) is 0 Å². The Morgan fingerprint density at radius 2 is 1.46 bits per heavy atom. The molecule has 1 amide bonds. The molecule has 2 N–H and O–H groups in total. The van der Waals surface area contributed by atoms with Crippen molar-refractivity contribution in [1.82, 2.24) is 10.6 Å². The summed E-state index contributed by atoms with van der Waals surface area (Å²) in [5.41, 5.74) is 4.94. The molecule has 1 fully saturated rings. The Bertz CT molecular complexity index is 826. The summed E-state index contributed by atoms with van der Waals surface area (Å²) in [5.74, 6) is 0.0963. The van der Waals surface area contributed by atoms with Crippen molar-refractivity contribution in [2.24, 2.45) is 0 Å². The van der Waals surface area contributed by atoms with E-state index in [1.165, 1.54) is 22.3 Å². The maximum Gasteiger partial charge on any atom is 0.407 e. The molecule has 0 aromatic heterocycles. The summed E-state index contributed by atoms with van der Waals surface area (Å²) in [6, 6.07) is 16.9. The van der Waals surface area contributed by atoms with Crippen molar-refractivity contribution < 1.29 is 9.53 Å². The van der Waals surface area contributed by atoms with E-state index in [2.05, 4.69) is 86.9 Å². The summed E-state index contributed by atoms with van der Waals surface area (Å²) in [6.45, 7) is 9.08. The number of amides is 1. The molecule has 0 saturated carbocycles. The van der Waals surface area contributed by atoms with Gasteiger partial charge in [0, 0.05) is 23.0 Å². The molecule has 0 radical (unpaired) electrons. The Morgan fingerprint density at radius 1 is 0.964 bits per heavy atom. The smallest absolute Gasteiger partial charge is 0.407 e. The van der Waals surface area contributed by atoms with Crippen molar-refractivity contribution in [2.75, 3.05) is 6.61 Å². The fraction of sp³-hybridized carbons (Fsp3) is 0.458. The third-order valence-electron chi connectivity index (χ3n) is 5.86. The third kappa shape index (κ3) is 3.79. The standard InChI is InChI=1S/C24H30N2O2/c1-23(2)13-16(14-24(3,4)26-23)25-22(27)28-15-21-19-11-7-5-9-17(19)18-10-6-8-12-20(18)21/h5-12,16,21,26H,13-15H2,1-4H3,(H,25,27). The molecule has 4 heteroatoms. The summed E-state index contributed by atoms with van der Waals surface area (Å²) in [6.07, 6.45) is 1.46. The van der Waals surface area contributed by atoms with Gasteiger partial charge in [-0.25, -0.2) is 4.79 Å². The molecule has 1 aliphatic heterocycles. The molecule has 148 valence electrons. The van der Waals surface area contributed by atoms with E-state index in [-0.39, 0.29) is 29.1 Å². The molecule has 2 aromatic rings. The quantitative estimate of drug-likeness (QED) is 0.804. The number of nitrogens with one attached hydrogen (secondary N) is 2. The number of piperidine rings is 1. The van der Waals surface area contributed by atoms with Crippen molar-refractivity contribution in [3.05, 3.63) is 59.7 Å². The second kappa shape index (κ2) is 6.93. The Balaban J connectivity index is 1.43. The van der Waals surface area contributed by atoms with E-state index < -0.39 is 0 Å². The number of fused-ring (bicyclic) bond motifs is 3. The highest BCUT2D eigenvalue weighted by Gasteiger charge is 2.38. The first-order valence-electron chi connectivity index (χ1n) is 10.1. The average Bonchev–Trinajstić information content (AvgIpc) is 2.91. The van der Waals surface area contributed by atoms with Crippen molar-refractivity contribution in [2.45, 2.75) is 63.6 Å². The predicted octanol–water partition coefficient (Wildman–Crippen LogP) is 4.83. The monoisotopic (exact) mass is 378 g/mol. The van der Waals surface area contributed by atoms with Crippen LogP contribution in [0.2, 0.25) is 0 Å². The number of carbonyl (C=O) groups excluding carboxylic acids is 1. The van der Waals surface area contributed by atoms with Crippen LogP contribution in [0.1, 0.15) is 57.6 Å². The fourth-order valence-electron chi connectivity index (χ4n) is 5.23. The molecule has 0 unspecified atom stereocenters. The largest absolute Gasteiger partial charge is 0.449 e. The SMILES string of the molecule is CC1(C)CC(NC(=O)OCC2c3ccccc3-c3ccccc32)CC(C)(C)N1. The van der Waals surface area contributed by atoms with Crippen molar-refractivity contribution in [3.63, 3.8) is 0 Å². The highest BCUT2D eigenvalue weighted by atomic mass is 16.5. The lowest BCUT2D eigenvalue weighted by atomic mass is 9.80. The van der Waals surface area contributed by atoms with Gasteiger partial charge in [0.05, 0.1) is 0 Å². The van der Waals surface area contributed by atoms with Crippen LogP contribution in [0.4, 0.5) is 4.79 Å². The second-order valence-corrected chi connectivity index (χ2v) is 9.47. The first kappa shape index (κ1) is 19.0. The topological polar surface area (TPSA) is 50.4 Å². The minimum absolute atomic E-state index is 0.0109. The number of hydrogen-bond donors (Lipinski definition) is 2. The van der Waals surface area contributed by atoms with E-state index in [4.69, 9.17) is 4.74 Å². The molecule has 1 saturated heterocycles. The first-order valence-corrected chi connectivity index (χ1v) is 10.1. The van der Waals surface area contributed by atoms with Gasteiger partial charge < -0.3 is 15.4 Å². The summed E-state index contributed by atoms with van der Waals surface area (Å²) < 4.78 is 5.71. The van der Waals surface area contributed by atoms with E-state index in [1.54, 1.807) is 0 Å². The molecular formula is C24H30N2O2. The summed E-state index contributed by atoms with van der Waals surface area (Å²) in [7, 11) is 0. The molecule has 28 heavy (non-hydrogen) atoms. The van der Waals surface area contributed by atoms with Crippen molar-refractivity contribution in [3.8, 4) is 11.1 Å². The number of carbonyl (C=O) groups is 1. The zero-order chi connectivity index (χ0) is 19.9. The lowest BCUT2D eigenvalue weighted by Crippen LogP contribution is -2.62. The predicted molar refractivity (Wildman–Crippen MR) is 113 cm³/mol. The van der Waals surface area contributed by atoms with Gasteiger partial charge in [-0.2, -0.15) is 0 Å². The van der Waals surface area contributed by atoms with E-state index >= 15 is 0 Å². The minimum Gasteiger partial charge on any atom is -0.449 e. The van der Waals surface area contributed by atoms with Crippen molar-refractivity contribution >= 4 is 6.09 Å². The molecule has 1 aliphatic carbocycles. The van der Waals surface area contributed by atoms with Gasteiger partial charge in [-0.3, -0.25) is 0 Å². The Hall–Kier alpha value is -2.33. The molecule has 0 bridgehead atoms. The first-order chi connectivity index (χ1) is 13.2. The number of hydrogen-bond acceptors (Lipinski definition) is 3. The Labute approximate surface area is 167 Å². The number of rotatable bonds is 3. The van der Waals surface area contributed by atoms with Crippen LogP contribution in [0.3, 0.4) is 0 Å². The van der Waals surface area contributed by atoms with E-state index in [0.717, 1.165) is 12.8 Å². The van der Waals surface area contributed by atoms with Crippen LogP contribution in [0.5, 0.6) is 0 Å². The van der Waals surface area contributed by atoms with E-state index in [0.29, 0.717) is 6.61 Å². The van der Waals surface area contributed by atoms with Crippen LogP contribution in [0.15, 0.2) is 48.5 Å².